The number of nitrogens with zero attached hydrogens (tertiary/aromatic N) is 6. The van der Waals surface area contributed by atoms with Gasteiger partial charge in [-0.25, -0.2) is 19.3 Å². The summed E-state index contributed by atoms with van der Waals surface area (Å²) in [6.45, 7) is 5.23. The number of methoxy groups -OCH3 is 1. The lowest BCUT2D eigenvalue weighted by Gasteiger charge is -2.27. The smallest absolute Gasteiger partial charge is 0.320 e. The summed E-state index contributed by atoms with van der Waals surface area (Å²) in [6, 6.07) is -0.179. The van der Waals surface area contributed by atoms with Gasteiger partial charge in [0.15, 0.2) is 0 Å². The highest BCUT2D eigenvalue weighted by molar-refractivity contribution is 5.93. The Morgan fingerprint density at radius 3 is 2.85 bits per heavy atom. The fraction of sp³-hybridized carbons (Fsp3) is 0.407. The van der Waals surface area contributed by atoms with E-state index >= 15 is 4.39 Å². The van der Waals surface area contributed by atoms with Gasteiger partial charge in [0.1, 0.15) is 23.6 Å². The second-order valence-corrected chi connectivity index (χ2v) is 10.1. The Labute approximate surface area is 223 Å². The molecule has 2 N–H and O–H groups in total. The average molecular weight is 540 g/mol. The number of hydrogen-bond donors (Lipinski definition) is 1. The monoisotopic (exact) mass is 539 g/mol. The summed E-state index contributed by atoms with van der Waals surface area (Å²) in [5, 5.41) is 0.513. The normalized spacial score (nSPS) is 24.4. The quantitative estimate of drug-likeness (QED) is 0.390. The van der Waals surface area contributed by atoms with E-state index in [0.29, 0.717) is 46.4 Å². The van der Waals surface area contributed by atoms with Gasteiger partial charge in [-0.15, -0.1) is 0 Å². The van der Waals surface area contributed by atoms with Crippen LogP contribution >= 0.6 is 0 Å². The van der Waals surface area contributed by atoms with Gasteiger partial charge in [0.2, 0.25) is 5.91 Å². The molecule has 1 fully saturated rings. The van der Waals surface area contributed by atoms with E-state index in [0.717, 1.165) is 12.4 Å². The molecule has 2 aliphatic rings. The molecule has 1 aliphatic heterocycles. The molecule has 0 radical (unpaired) electrons. The van der Waals surface area contributed by atoms with Crippen LogP contribution < -0.4 is 5.73 Å². The fourth-order valence-electron chi connectivity index (χ4n) is 5.67. The van der Waals surface area contributed by atoms with Crippen molar-refractivity contribution in [1.82, 2.24) is 29.0 Å². The molecule has 1 saturated heterocycles. The Morgan fingerprint density at radius 1 is 1.38 bits per heavy atom. The van der Waals surface area contributed by atoms with Gasteiger partial charge in [0.25, 0.3) is 0 Å². The van der Waals surface area contributed by atoms with Gasteiger partial charge in [-0.1, -0.05) is 25.3 Å². The summed E-state index contributed by atoms with van der Waals surface area (Å²) < 4.78 is 49.7. The van der Waals surface area contributed by atoms with E-state index in [1.165, 1.54) is 12.4 Å². The molecule has 3 aromatic heterocycles. The predicted octanol–water partition coefficient (Wildman–Crippen LogP) is 3.85. The highest BCUT2D eigenvalue weighted by atomic mass is 19.3. The molecule has 0 saturated carbocycles. The van der Waals surface area contributed by atoms with E-state index in [-0.39, 0.29) is 23.5 Å². The summed E-state index contributed by atoms with van der Waals surface area (Å²) in [5.41, 5.74) is 7.08. The lowest BCUT2D eigenvalue weighted by Crippen LogP contribution is -2.38. The molecule has 2 unspecified atom stereocenters. The molecule has 4 heterocycles. The Balaban J connectivity index is 1.56. The molecular weight excluding hydrogens is 511 g/mol. The van der Waals surface area contributed by atoms with Crippen molar-refractivity contribution in [3.8, 4) is 11.8 Å². The number of aromatic nitrogens is 5. The van der Waals surface area contributed by atoms with Crippen LogP contribution in [0.15, 0.2) is 37.3 Å². The zero-order valence-corrected chi connectivity index (χ0v) is 21.7. The molecule has 1 amide bonds. The summed E-state index contributed by atoms with van der Waals surface area (Å²) >= 11 is 0. The topological polar surface area (TPSA) is 104 Å². The third-order valence-electron chi connectivity index (χ3n) is 7.58. The Morgan fingerprint density at radius 2 is 2.15 bits per heavy atom. The van der Waals surface area contributed by atoms with E-state index in [4.69, 9.17) is 10.5 Å². The molecule has 204 valence electrons. The Hall–Kier alpha value is -4.11. The van der Waals surface area contributed by atoms with E-state index in [9.17, 15) is 13.6 Å². The molecule has 9 nitrogen and oxygen atoms in total. The van der Waals surface area contributed by atoms with Crippen LogP contribution in [0.25, 0.3) is 17.1 Å². The van der Waals surface area contributed by atoms with Crippen LogP contribution in [-0.4, -0.2) is 61.2 Å². The number of rotatable bonds is 5. The van der Waals surface area contributed by atoms with Crippen molar-refractivity contribution < 1.29 is 22.7 Å². The van der Waals surface area contributed by atoms with Gasteiger partial charge < -0.3 is 19.9 Å². The van der Waals surface area contributed by atoms with Crippen LogP contribution in [0.1, 0.15) is 49.7 Å². The first-order valence-corrected chi connectivity index (χ1v) is 12.4. The first-order chi connectivity index (χ1) is 18.6. The number of ether oxygens (including phenoxy) is 1. The van der Waals surface area contributed by atoms with Gasteiger partial charge in [0, 0.05) is 25.8 Å². The predicted molar refractivity (Wildman–Crippen MR) is 139 cm³/mol. The first-order valence-electron chi connectivity index (χ1n) is 12.4. The zero-order chi connectivity index (χ0) is 28.1. The van der Waals surface area contributed by atoms with Gasteiger partial charge in [-0.2, -0.15) is 8.78 Å². The number of nitrogen functional groups attached to an aromatic ring is 1. The van der Waals surface area contributed by atoms with Crippen molar-refractivity contribution in [3.05, 3.63) is 54.3 Å². The number of fused-ring (bicyclic) bond motifs is 2. The number of amides is 1. The van der Waals surface area contributed by atoms with Crippen LogP contribution in [0.3, 0.4) is 0 Å². The maximum atomic E-state index is 15.1. The minimum atomic E-state index is -2.83. The number of hydrogen-bond acceptors (Lipinski definition) is 6. The number of anilines is 1. The van der Waals surface area contributed by atoms with Crippen molar-refractivity contribution in [1.29, 1.82) is 0 Å². The van der Waals surface area contributed by atoms with Crippen molar-refractivity contribution >= 4 is 28.8 Å². The Kier molecular flexibility index (Phi) is 6.72. The van der Waals surface area contributed by atoms with E-state index < -0.39 is 29.8 Å². The number of imidazole rings is 1. The van der Waals surface area contributed by atoms with Crippen LogP contribution in [0.2, 0.25) is 0 Å². The average Bonchev–Trinajstić information content (AvgIpc) is 3.58. The number of halogens is 3. The van der Waals surface area contributed by atoms with Gasteiger partial charge in [0.05, 0.1) is 52.8 Å². The van der Waals surface area contributed by atoms with Gasteiger partial charge >= 0.3 is 6.55 Å². The highest BCUT2D eigenvalue weighted by Crippen LogP contribution is 2.40. The zero-order valence-electron chi connectivity index (χ0n) is 21.7. The second kappa shape index (κ2) is 9.89. The molecule has 0 bridgehead atoms. The molecule has 5 rings (SSSR count). The van der Waals surface area contributed by atoms with Crippen molar-refractivity contribution in [2.75, 3.05) is 26.0 Å². The van der Waals surface area contributed by atoms with Crippen LogP contribution in [-0.2, 0) is 15.1 Å². The SMILES string of the molecule is C=CC(=O)N1C[C@@](C)(n2cc(C#CC3C(F)=Cc4c(ncn4C(F)F)C3C)c3c(N)ncnc32)C[C@@H]1COC. The number of alkyl halides is 2. The molecule has 0 spiro atoms. The third-order valence-corrected chi connectivity index (χ3v) is 7.58. The summed E-state index contributed by atoms with van der Waals surface area (Å²) in [4.78, 5) is 27.0. The standard InChI is InChI=1S/C27H28F3N7O2/c1-5-21(38)35-12-27(3,9-17(35)11-39-4)37-10-16(22-24(31)32-13-33-25(22)37)6-7-18-15(2)23-20(8-19(18)28)36(14-34-23)26(29)30/h5,8,10,13-15,17-18,26H,1,9,11-12H2,2-4H3,(H2,31,32,33)/t15?,17-,18?,27+/m1/s1. The van der Waals surface area contributed by atoms with Crippen molar-refractivity contribution in [2.24, 2.45) is 5.92 Å². The number of nitrogens with two attached hydrogens (primary N) is 1. The van der Waals surface area contributed by atoms with Crippen LogP contribution in [0, 0.1) is 17.8 Å². The van der Waals surface area contributed by atoms with Crippen molar-refractivity contribution in [2.45, 2.75) is 44.3 Å². The van der Waals surface area contributed by atoms with Crippen LogP contribution in [0.5, 0.6) is 0 Å². The number of carbonyl (C=O) groups excluding carboxylic acids is 1. The minimum absolute atomic E-state index is 0.0423. The minimum Gasteiger partial charge on any atom is -0.383 e. The van der Waals surface area contributed by atoms with E-state index in [1.54, 1.807) is 25.1 Å². The van der Waals surface area contributed by atoms with Gasteiger partial charge in [-0.05, 0) is 25.5 Å². The maximum absolute atomic E-state index is 15.1. The van der Waals surface area contributed by atoms with Crippen molar-refractivity contribution in [3.63, 3.8) is 0 Å². The molecule has 3 aromatic rings. The molecular formula is C27H28F3N7O2. The Bertz CT molecular complexity index is 1550. The fourth-order valence-corrected chi connectivity index (χ4v) is 5.67. The van der Waals surface area contributed by atoms with Crippen LogP contribution in [0.4, 0.5) is 19.0 Å². The molecule has 39 heavy (non-hydrogen) atoms. The molecule has 4 atom stereocenters. The summed E-state index contributed by atoms with van der Waals surface area (Å²) in [7, 11) is 1.58. The molecule has 1 aliphatic carbocycles. The van der Waals surface area contributed by atoms with Gasteiger partial charge in [-0.3, -0.25) is 9.36 Å². The summed E-state index contributed by atoms with van der Waals surface area (Å²) in [5.74, 6) is 3.95. The highest BCUT2D eigenvalue weighted by Gasteiger charge is 2.44. The number of allylic oxidation sites excluding steroid dienone is 1. The molecule has 12 heteroatoms. The first kappa shape index (κ1) is 26.5. The maximum Gasteiger partial charge on any atom is 0.320 e. The lowest BCUT2D eigenvalue weighted by molar-refractivity contribution is -0.127. The second-order valence-electron chi connectivity index (χ2n) is 10.1. The number of likely N-dealkylation sites (tertiary alicyclic amines) is 1. The lowest BCUT2D eigenvalue weighted by atomic mass is 9.85. The number of carbonyl (C=O) groups is 1. The van der Waals surface area contributed by atoms with E-state index in [2.05, 4.69) is 33.4 Å². The molecule has 0 aromatic carbocycles. The third kappa shape index (κ3) is 4.36. The summed E-state index contributed by atoms with van der Waals surface area (Å²) in [6.07, 6.45) is 7.08. The van der Waals surface area contributed by atoms with E-state index in [1.807, 2.05) is 11.5 Å². The largest absolute Gasteiger partial charge is 0.383 e.